The molecule has 80 valence electrons. The van der Waals surface area contributed by atoms with E-state index in [0.29, 0.717) is 19.4 Å². The molecule has 3 amide bonds. The van der Waals surface area contributed by atoms with E-state index in [-0.39, 0.29) is 17.9 Å². The van der Waals surface area contributed by atoms with Crippen molar-refractivity contribution in [2.45, 2.75) is 18.9 Å². The zero-order valence-corrected chi connectivity index (χ0v) is 7.87. The minimum Gasteiger partial charge on any atom is -0.354 e. The minimum absolute atomic E-state index is 0.00550. The standard InChI is InChI=1S/C8H10N4O3/c13-5-2-1-4(3-9-5)10-8-11-6(14)7(15)12-8/h4H,1-3H2,(H,9,13)(H2,10,11,12,14,15). The molecule has 2 aliphatic rings. The first-order chi connectivity index (χ1) is 7.15. The molecule has 1 atom stereocenters. The van der Waals surface area contributed by atoms with Gasteiger partial charge in [-0.25, -0.2) is 4.99 Å². The van der Waals surface area contributed by atoms with Gasteiger partial charge in [-0.1, -0.05) is 0 Å². The van der Waals surface area contributed by atoms with Crippen molar-refractivity contribution >= 4 is 23.7 Å². The lowest BCUT2D eigenvalue weighted by Crippen LogP contribution is -2.39. The van der Waals surface area contributed by atoms with Crippen molar-refractivity contribution in [1.29, 1.82) is 0 Å². The number of carbonyl (C=O) groups is 3. The molecule has 0 bridgehead atoms. The van der Waals surface area contributed by atoms with E-state index < -0.39 is 11.8 Å². The largest absolute Gasteiger partial charge is 0.354 e. The maximum Gasteiger partial charge on any atom is 0.316 e. The van der Waals surface area contributed by atoms with Gasteiger partial charge in [-0.15, -0.1) is 0 Å². The summed E-state index contributed by atoms with van der Waals surface area (Å²) in [5.74, 6) is -1.22. The summed E-state index contributed by atoms with van der Waals surface area (Å²) < 4.78 is 0. The van der Waals surface area contributed by atoms with Crippen LogP contribution in [-0.2, 0) is 14.4 Å². The third-order valence-electron chi connectivity index (χ3n) is 2.22. The van der Waals surface area contributed by atoms with Crippen molar-refractivity contribution in [2.75, 3.05) is 6.54 Å². The second-order valence-electron chi connectivity index (χ2n) is 3.38. The summed E-state index contributed by atoms with van der Waals surface area (Å²) in [4.78, 5) is 36.6. The third-order valence-corrected chi connectivity index (χ3v) is 2.22. The number of carbonyl (C=O) groups excluding carboxylic acids is 3. The lowest BCUT2D eigenvalue weighted by atomic mass is 10.1. The summed E-state index contributed by atoms with van der Waals surface area (Å²) in [5, 5.41) is 7.26. The number of aliphatic imine (C=N–C) groups is 1. The summed E-state index contributed by atoms with van der Waals surface area (Å²) in [6.45, 7) is 0.439. The molecular formula is C8H10N4O3. The van der Waals surface area contributed by atoms with E-state index in [1.165, 1.54) is 0 Å². The van der Waals surface area contributed by atoms with Crippen LogP contribution in [0.25, 0.3) is 0 Å². The zero-order chi connectivity index (χ0) is 10.8. The summed E-state index contributed by atoms with van der Waals surface area (Å²) in [5.41, 5.74) is 0. The fraction of sp³-hybridized carbons (Fsp3) is 0.500. The smallest absolute Gasteiger partial charge is 0.316 e. The van der Waals surface area contributed by atoms with Crippen LogP contribution in [0.3, 0.4) is 0 Å². The Kier molecular flexibility index (Phi) is 2.36. The van der Waals surface area contributed by atoms with Crippen LogP contribution < -0.4 is 16.0 Å². The number of piperidine rings is 1. The van der Waals surface area contributed by atoms with Gasteiger partial charge in [0.1, 0.15) is 0 Å². The molecule has 0 saturated carbocycles. The molecule has 1 unspecified atom stereocenters. The first-order valence-electron chi connectivity index (χ1n) is 4.62. The molecule has 0 aromatic heterocycles. The van der Waals surface area contributed by atoms with Gasteiger partial charge in [-0.05, 0) is 6.42 Å². The van der Waals surface area contributed by atoms with Gasteiger partial charge >= 0.3 is 11.8 Å². The number of hydrogen-bond donors (Lipinski definition) is 3. The normalized spacial score (nSPS) is 25.7. The second-order valence-corrected chi connectivity index (χ2v) is 3.38. The van der Waals surface area contributed by atoms with E-state index in [2.05, 4.69) is 20.9 Å². The van der Waals surface area contributed by atoms with E-state index >= 15 is 0 Å². The van der Waals surface area contributed by atoms with Crippen LogP contribution in [0.5, 0.6) is 0 Å². The molecule has 7 heteroatoms. The summed E-state index contributed by atoms with van der Waals surface area (Å²) in [6.07, 6.45) is 1.05. The number of guanidine groups is 1. The molecule has 3 N–H and O–H groups in total. The summed E-state index contributed by atoms with van der Waals surface area (Å²) in [6, 6.07) is -0.0867. The lowest BCUT2D eigenvalue weighted by Gasteiger charge is -2.18. The Morgan fingerprint density at radius 1 is 1.13 bits per heavy atom. The van der Waals surface area contributed by atoms with Gasteiger partial charge in [0.05, 0.1) is 6.04 Å². The lowest BCUT2D eigenvalue weighted by molar-refractivity contribution is -0.135. The highest BCUT2D eigenvalue weighted by Crippen LogP contribution is 2.06. The molecule has 7 nitrogen and oxygen atoms in total. The van der Waals surface area contributed by atoms with Crippen molar-refractivity contribution < 1.29 is 14.4 Å². The fourth-order valence-corrected chi connectivity index (χ4v) is 1.44. The third kappa shape index (κ3) is 2.12. The highest BCUT2D eigenvalue weighted by molar-refractivity contribution is 6.45. The van der Waals surface area contributed by atoms with Crippen LogP contribution in [0.1, 0.15) is 12.8 Å². The number of nitrogens with zero attached hydrogens (tertiary/aromatic N) is 1. The molecule has 2 saturated heterocycles. The van der Waals surface area contributed by atoms with Crippen molar-refractivity contribution in [2.24, 2.45) is 4.99 Å². The Hall–Kier alpha value is -1.92. The second kappa shape index (κ2) is 3.68. The number of hydrogen-bond acceptors (Lipinski definition) is 4. The van der Waals surface area contributed by atoms with E-state index in [4.69, 9.17) is 0 Å². The molecule has 0 aromatic rings. The number of nitrogens with one attached hydrogen (secondary N) is 3. The first-order valence-corrected chi connectivity index (χ1v) is 4.62. The van der Waals surface area contributed by atoms with Crippen LogP contribution >= 0.6 is 0 Å². The predicted molar refractivity (Wildman–Crippen MR) is 49.8 cm³/mol. The van der Waals surface area contributed by atoms with Gasteiger partial charge in [-0.2, -0.15) is 0 Å². The SMILES string of the molecule is O=C1CCC(N=C2NC(=O)C(=O)N2)CN1. The van der Waals surface area contributed by atoms with Crippen LogP contribution in [0.4, 0.5) is 0 Å². The minimum atomic E-state index is -0.700. The maximum atomic E-state index is 10.9. The molecule has 0 aromatic carbocycles. The fourth-order valence-electron chi connectivity index (χ4n) is 1.44. The maximum absolute atomic E-state index is 10.9. The topological polar surface area (TPSA) is 99.7 Å². The van der Waals surface area contributed by atoms with Crippen LogP contribution in [0.2, 0.25) is 0 Å². The molecule has 2 heterocycles. The van der Waals surface area contributed by atoms with Gasteiger partial charge in [0.2, 0.25) is 11.9 Å². The van der Waals surface area contributed by atoms with Crippen molar-refractivity contribution in [1.82, 2.24) is 16.0 Å². The highest BCUT2D eigenvalue weighted by Gasteiger charge is 2.27. The highest BCUT2D eigenvalue weighted by atomic mass is 16.2. The molecule has 0 radical (unpaired) electrons. The quantitative estimate of drug-likeness (QED) is 0.431. The molecule has 0 aliphatic carbocycles. The molecule has 2 fully saturated rings. The number of amides is 3. The molecule has 15 heavy (non-hydrogen) atoms. The Balaban J connectivity index is 1.96. The van der Waals surface area contributed by atoms with Gasteiger partial charge in [0.25, 0.3) is 0 Å². The summed E-state index contributed by atoms with van der Waals surface area (Å²) in [7, 11) is 0. The number of rotatable bonds is 1. The van der Waals surface area contributed by atoms with Crippen molar-refractivity contribution in [3.8, 4) is 0 Å². The van der Waals surface area contributed by atoms with Crippen molar-refractivity contribution in [3.63, 3.8) is 0 Å². The van der Waals surface area contributed by atoms with E-state index in [1.54, 1.807) is 0 Å². The van der Waals surface area contributed by atoms with Crippen LogP contribution in [0, 0.1) is 0 Å². The Bertz CT molecular complexity index is 335. The van der Waals surface area contributed by atoms with Crippen LogP contribution in [-0.4, -0.2) is 36.3 Å². The summed E-state index contributed by atoms with van der Waals surface area (Å²) >= 11 is 0. The molecule has 0 spiro atoms. The van der Waals surface area contributed by atoms with E-state index in [0.717, 1.165) is 0 Å². The molecular weight excluding hydrogens is 200 g/mol. The van der Waals surface area contributed by atoms with Gasteiger partial charge in [0, 0.05) is 13.0 Å². The van der Waals surface area contributed by atoms with Crippen molar-refractivity contribution in [3.05, 3.63) is 0 Å². The average molecular weight is 210 g/mol. The van der Waals surface area contributed by atoms with Gasteiger partial charge in [-0.3, -0.25) is 25.0 Å². The molecule has 2 rings (SSSR count). The van der Waals surface area contributed by atoms with Gasteiger partial charge in [0.15, 0.2) is 0 Å². The first kappa shape index (κ1) is 9.63. The Labute approximate surface area is 85.3 Å². The average Bonchev–Trinajstić information content (AvgIpc) is 2.50. The predicted octanol–water partition coefficient (Wildman–Crippen LogP) is -2.13. The van der Waals surface area contributed by atoms with E-state index in [9.17, 15) is 14.4 Å². The van der Waals surface area contributed by atoms with E-state index in [1.807, 2.05) is 0 Å². The van der Waals surface area contributed by atoms with Crippen LogP contribution in [0.15, 0.2) is 4.99 Å². The molecule has 2 aliphatic heterocycles. The Morgan fingerprint density at radius 2 is 1.80 bits per heavy atom. The Morgan fingerprint density at radius 3 is 2.33 bits per heavy atom. The zero-order valence-electron chi connectivity index (χ0n) is 7.87. The van der Waals surface area contributed by atoms with Gasteiger partial charge < -0.3 is 5.32 Å². The monoisotopic (exact) mass is 210 g/mol.